The van der Waals surface area contributed by atoms with Gasteiger partial charge in [0.15, 0.2) is 11.5 Å². The number of aliphatic imine (C=N–C) groups is 1. The highest BCUT2D eigenvalue weighted by Gasteiger charge is 2.14. The van der Waals surface area contributed by atoms with Gasteiger partial charge < -0.3 is 19.3 Å². The molecule has 5 nitrogen and oxygen atoms in total. The van der Waals surface area contributed by atoms with Crippen LogP contribution in [0.4, 0.5) is 0 Å². The fraction of sp³-hybridized carbons (Fsp3) is 0.417. The first-order chi connectivity index (χ1) is 8.28. The Kier molecular flexibility index (Phi) is 5.29. The van der Waals surface area contributed by atoms with Crippen molar-refractivity contribution in [2.45, 2.75) is 0 Å². The molecule has 1 aromatic carbocycles. The molecule has 0 heterocycles. The summed E-state index contributed by atoms with van der Waals surface area (Å²) in [7, 11) is 4.67. The van der Waals surface area contributed by atoms with Crippen molar-refractivity contribution in [3.05, 3.63) is 17.7 Å². The Morgan fingerprint density at radius 1 is 1.12 bits per heavy atom. The molecule has 1 N–H and O–H groups in total. The van der Waals surface area contributed by atoms with E-state index in [-0.39, 0.29) is 6.61 Å². The Bertz CT molecular complexity index is 390. The summed E-state index contributed by atoms with van der Waals surface area (Å²) in [5.74, 6) is 1.69. The van der Waals surface area contributed by atoms with Crippen molar-refractivity contribution in [2.75, 3.05) is 34.5 Å². The Morgan fingerprint density at radius 3 is 2.35 bits per heavy atom. The van der Waals surface area contributed by atoms with Gasteiger partial charge in [-0.25, -0.2) is 0 Å². The lowest BCUT2D eigenvalue weighted by Gasteiger charge is -2.13. The predicted molar refractivity (Wildman–Crippen MR) is 65.6 cm³/mol. The molecule has 0 aliphatic rings. The third kappa shape index (κ3) is 3.10. The molecule has 0 aliphatic carbocycles. The molecular formula is C12H17NO4. The lowest BCUT2D eigenvalue weighted by Crippen LogP contribution is -1.99. The number of aliphatic hydroxyl groups excluding tert-OH is 1. The van der Waals surface area contributed by atoms with Crippen LogP contribution in [-0.4, -0.2) is 45.8 Å². The molecule has 17 heavy (non-hydrogen) atoms. The van der Waals surface area contributed by atoms with Crippen LogP contribution in [0.15, 0.2) is 17.1 Å². The summed E-state index contributed by atoms with van der Waals surface area (Å²) in [5, 5.41) is 8.66. The van der Waals surface area contributed by atoms with E-state index in [1.807, 2.05) is 6.07 Å². The highest BCUT2D eigenvalue weighted by atomic mass is 16.5. The number of aliphatic hydroxyl groups is 1. The maximum Gasteiger partial charge on any atom is 0.203 e. The maximum absolute atomic E-state index is 8.66. The van der Waals surface area contributed by atoms with Crippen LogP contribution >= 0.6 is 0 Å². The molecule has 0 saturated heterocycles. The van der Waals surface area contributed by atoms with Gasteiger partial charge in [-0.1, -0.05) is 0 Å². The zero-order chi connectivity index (χ0) is 12.7. The number of hydrogen-bond donors (Lipinski definition) is 1. The minimum atomic E-state index is 0.0199. The maximum atomic E-state index is 8.66. The monoisotopic (exact) mass is 239 g/mol. The van der Waals surface area contributed by atoms with Crippen molar-refractivity contribution < 1.29 is 19.3 Å². The Hall–Kier alpha value is -1.75. The van der Waals surface area contributed by atoms with E-state index >= 15 is 0 Å². The van der Waals surface area contributed by atoms with Crippen LogP contribution in [0.1, 0.15) is 5.56 Å². The smallest absolute Gasteiger partial charge is 0.203 e. The van der Waals surface area contributed by atoms with Crippen molar-refractivity contribution >= 4 is 6.21 Å². The molecule has 94 valence electrons. The summed E-state index contributed by atoms with van der Waals surface area (Å²) in [6.45, 7) is 0.379. The molecule has 0 atom stereocenters. The second-order valence-corrected chi connectivity index (χ2v) is 3.18. The third-order valence-corrected chi connectivity index (χ3v) is 2.19. The van der Waals surface area contributed by atoms with E-state index in [4.69, 9.17) is 19.3 Å². The van der Waals surface area contributed by atoms with Crippen molar-refractivity contribution in [3.63, 3.8) is 0 Å². The van der Waals surface area contributed by atoms with E-state index in [1.54, 1.807) is 33.6 Å². The molecule has 0 saturated carbocycles. The van der Waals surface area contributed by atoms with E-state index < -0.39 is 0 Å². The second-order valence-electron chi connectivity index (χ2n) is 3.18. The number of ether oxygens (including phenoxy) is 3. The minimum absolute atomic E-state index is 0.0199. The van der Waals surface area contributed by atoms with E-state index in [0.717, 1.165) is 5.56 Å². The van der Waals surface area contributed by atoms with Crippen LogP contribution in [-0.2, 0) is 0 Å². The molecule has 0 unspecified atom stereocenters. The van der Waals surface area contributed by atoms with Gasteiger partial charge in [-0.2, -0.15) is 0 Å². The first-order valence-corrected chi connectivity index (χ1v) is 5.18. The van der Waals surface area contributed by atoms with E-state index in [2.05, 4.69) is 4.99 Å². The fourth-order valence-electron chi connectivity index (χ4n) is 1.45. The number of benzene rings is 1. The summed E-state index contributed by atoms with van der Waals surface area (Å²) in [4.78, 5) is 4.05. The van der Waals surface area contributed by atoms with E-state index in [0.29, 0.717) is 23.8 Å². The molecule has 1 rings (SSSR count). The van der Waals surface area contributed by atoms with Gasteiger partial charge in [0.25, 0.3) is 0 Å². The van der Waals surface area contributed by atoms with Crippen LogP contribution in [0, 0.1) is 0 Å². The molecule has 5 heteroatoms. The van der Waals surface area contributed by atoms with Gasteiger partial charge in [0, 0.05) is 11.8 Å². The third-order valence-electron chi connectivity index (χ3n) is 2.19. The number of rotatable bonds is 6. The zero-order valence-corrected chi connectivity index (χ0v) is 10.3. The molecule has 0 fully saturated rings. The predicted octanol–water partition coefficient (Wildman–Crippen LogP) is 1.12. The van der Waals surface area contributed by atoms with Crippen LogP contribution < -0.4 is 14.2 Å². The quantitative estimate of drug-likeness (QED) is 0.756. The van der Waals surface area contributed by atoms with Crippen LogP contribution in [0.25, 0.3) is 0 Å². The standard InChI is InChI=1S/C12H17NO4/c1-15-10-5-4-9(8-13-6-7-14)11(16-2)12(10)17-3/h4-5,8,14H,6-7H2,1-3H3. The summed E-state index contributed by atoms with van der Waals surface area (Å²) in [6.07, 6.45) is 1.64. The van der Waals surface area contributed by atoms with Crippen molar-refractivity contribution in [1.82, 2.24) is 0 Å². The van der Waals surface area contributed by atoms with E-state index in [9.17, 15) is 0 Å². The Morgan fingerprint density at radius 2 is 1.82 bits per heavy atom. The van der Waals surface area contributed by atoms with Gasteiger partial charge in [-0.15, -0.1) is 0 Å². The lowest BCUT2D eigenvalue weighted by molar-refractivity contribution is 0.307. The molecule has 0 radical (unpaired) electrons. The summed E-state index contributed by atoms with van der Waals surface area (Å²) >= 11 is 0. The average molecular weight is 239 g/mol. The number of nitrogens with zero attached hydrogens (tertiary/aromatic N) is 1. The highest BCUT2D eigenvalue weighted by molar-refractivity contribution is 5.86. The van der Waals surface area contributed by atoms with Gasteiger partial charge in [0.1, 0.15) is 0 Å². The Labute approximate surface area is 101 Å². The topological polar surface area (TPSA) is 60.3 Å². The summed E-state index contributed by atoms with van der Waals surface area (Å²) in [6, 6.07) is 3.60. The molecular weight excluding hydrogens is 222 g/mol. The first-order valence-electron chi connectivity index (χ1n) is 5.18. The van der Waals surface area contributed by atoms with Gasteiger partial charge in [-0.3, -0.25) is 4.99 Å². The molecule has 0 amide bonds. The fourth-order valence-corrected chi connectivity index (χ4v) is 1.45. The number of hydrogen-bond acceptors (Lipinski definition) is 5. The Balaban J connectivity index is 3.14. The highest BCUT2D eigenvalue weighted by Crippen LogP contribution is 2.38. The second kappa shape index (κ2) is 6.75. The van der Waals surface area contributed by atoms with Gasteiger partial charge in [0.2, 0.25) is 5.75 Å². The van der Waals surface area contributed by atoms with Gasteiger partial charge in [0.05, 0.1) is 34.5 Å². The zero-order valence-electron chi connectivity index (χ0n) is 10.3. The van der Waals surface area contributed by atoms with E-state index in [1.165, 1.54) is 0 Å². The van der Waals surface area contributed by atoms with Gasteiger partial charge in [-0.05, 0) is 12.1 Å². The summed E-state index contributed by atoms with van der Waals surface area (Å²) < 4.78 is 15.7. The van der Waals surface area contributed by atoms with Crippen molar-refractivity contribution in [1.29, 1.82) is 0 Å². The average Bonchev–Trinajstić information content (AvgIpc) is 2.38. The van der Waals surface area contributed by atoms with Gasteiger partial charge >= 0.3 is 0 Å². The minimum Gasteiger partial charge on any atom is -0.493 e. The molecule has 0 aliphatic heterocycles. The van der Waals surface area contributed by atoms with Crippen LogP contribution in [0.2, 0.25) is 0 Å². The molecule has 0 aromatic heterocycles. The SMILES string of the molecule is COc1ccc(C=NCCO)c(OC)c1OC. The van der Waals surface area contributed by atoms with Crippen LogP contribution in [0.3, 0.4) is 0 Å². The molecule has 0 bridgehead atoms. The number of methoxy groups -OCH3 is 3. The normalized spacial score (nSPS) is 10.6. The van der Waals surface area contributed by atoms with Crippen molar-refractivity contribution in [3.8, 4) is 17.2 Å². The molecule has 0 spiro atoms. The molecule has 1 aromatic rings. The first kappa shape index (κ1) is 13.3. The lowest BCUT2D eigenvalue weighted by atomic mass is 10.2. The van der Waals surface area contributed by atoms with Crippen LogP contribution in [0.5, 0.6) is 17.2 Å². The summed E-state index contributed by atoms with van der Waals surface area (Å²) in [5.41, 5.74) is 0.776. The van der Waals surface area contributed by atoms with Crippen molar-refractivity contribution in [2.24, 2.45) is 4.99 Å². The largest absolute Gasteiger partial charge is 0.493 e.